The van der Waals surface area contributed by atoms with Crippen molar-refractivity contribution in [2.24, 2.45) is 12.0 Å². The van der Waals surface area contributed by atoms with Crippen molar-refractivity contribution in [1.29, 1.82) is 0 Å². The smallest absolute Gasteiger partial charge is 0.194 e. The molecule has 0 aliphatic heterocycles. The summed E-state index contributed by atoms with van der Waals surface area (Å²) in [5, 5.41) is 17.8. The van der Waals surface area contributed by atoms with E-state index in [4.69, 9.17) is 4.99 Å². The summed E-state index contributed by atoms with van der Waals surface area (Å²) in [6, 6.07) is 3.87. The Bertz CT molecular complexity index is 789. The summed E-state index contributed by atoms with van der Waals surface area (Å²) in [7, 11) is 3.87. The molecule has 1 aliphatic rings. The van der Waals surface area contributed by atoms with Crippen LogP contribution in [0.15, 0.2) is 23.5 Å². The first-order chi connectivity index (χ1) is 12.6. The summed E-state index contributed by atoms with van der Waals surface area (Å²) in [6.07, 6.45) is 6.09. The lowest BCUT2D eigenvalue weighted by Crippen LogP contribution is -2.39. The van der Waals surface area contributed by atoms with E-state index in [1.54, 1.807) is 11.0 Å². The van der Waals surface area contributed by atoms with E-state index in [0.29, 0.717) is 18.8 Å². The number of hydrogen-bond donors (Lipinski definition) is 2. The molecule has 1 aromatic heterocycles. The Kier molecular flexibility index (Phi) is 7.88. The van der Waals surface area contributed by atoms with E-state index in [1.807, 2.05) is 32.0 Å². The van der Waals surface area contributed by atoms with Crippen molar-refractivity contribution in [3.63, 3.8) is 0 Å². The van der Waals surface area contributed by atoms with Crippen molar-refractivity contribution in [2.75, 3.05) is 13.6 Å². The number of fused-ring (bicyclic) bond motifs is 1. The molecule has 148 valence electrons. The van der Waals surface area contributed by atoms with Crippen LogP contribution in [0.1, 0.15) is 42.3 Å². The zero-order chi connectivity index (χ0) is 18.5. The fourth-order valence-corrected chi connectivity index (χ4v) is 3.44. The van der Waals surface area contributed by atoms with E-state index in [0.717, 1.165) is 36.7 Å². The first kappa shape index (κ1) is 21.5. The van der Waals surface area contributed by atoms with Crippen LogP contribution in [0.2, 0.25) is 0 Å². The van der Waals surface area contributed by atoms with Gasteiger partial charge in [0.2, 0.25) is 0 Å². The Morgan fingerprint density at radius 2 is 2.11 bits per heavy atom. The molecule has 0 saturated heterocycles. The van der Waals surface area contributed by atoms with E-state index in [1.165, 1.54) is 24.0 Å². The number of nitrogens with zero attached hydrogens (tertiary/aromatic N) is 5. The minimum absolute atomic E-state index is 0. The Morgan fingerprint density at radius 1 is 1.33 bits per heavy atom. The number of phenolic OH excluding ortho intramolecular Hbond substituents is 1. The van der Waals surface area contributed by atoms with Gasteiger partial charge in [-0.05, 0) is 49.8 Å². The van der Waals surface area contributed by atoms with Crippen LogP contribution in [0.3, 0.4) is 0 Å². The van der Waals surface area contributed by atoms with Crippen LogP contribution in [0, 0.1) is 0 Å². The molecule has 27 heavy (non-hydrogen) atoms. The first-order valence-electron chi connectivity index (χ1n) is 9.25. The largest absolute Gasteiger partial charge is 0.508 e. The average molecular weight is 484 g/mol. The average Bonchev–Trinajstić information content (AvgIpc) is 3.04. The number of aromatic hydroxyl groups is 1. The van der Waals surface area contributed by atoms with Gasteiger partial charge in [0.15, 0.2) is 5.96 Å². The number of rotatable bonds is 5. The number of aliphatic imine (C=N–C) groups is 1. The Labute approximate surface area is 177 Å². The summed E-state index contributed by atoms with van der Waals surface area (Å²) in [5.41, 5.74) is 3.60. The third-order valence-electron chi connectivity index (χ3n) is 4.89. The molecule has 1 heterocycles. The van der Waals surface area contributed by atoms with Crippen molar-refractivity contribution >= 4 is 29.9 Å². The number of benzene rings is 1. The lowest BCUT2D eigenvalue weighted by atomic mass is 9.88. The van der Waals surface area contributed by atoms with Gasteiger partial charge in [-0.3, -0.25) is 4.68 Å². The topological polar surface area (TPSA) is 78.6 Å². The van der Waals surface area contributed by atoms with Crippen molar-refractivity contribution in [2.45, 2.75) is 45.7 Å². The second-order valence-corrected chi connectivity index (χ2v) is 6.73. The number of aryl methyl sites for hydroxylation is 2. The monoisotopic (exact) mass is 484 g/mol. The number of nitrogens with one attached hydrogen (secondary N) is 1. The van der Waals surface area contributed by atoms with Crippen molar-refractivity contribution in [1.82, 2.24) is 25.0 Å². The maximum Gasteiger partial charge on any atom is 0.194 e. The third kappa shape index (κ3) is 5.12. The molecule has 1 aromatic carbocycles. The molecule has 0 bridgehead atoms. The molecule has 0 saturated carbocycles. The van der Waals surface area contributed by atoms with E-state index in [2.05, 4.69) is 21.5 Å². The molecule has 0 amide bonds. The normalized spacial score (nSPS) is 13.7. The molecule has 2 aromatic rings. The van der Waals surface area contributed by atoms with Gasteiger partial charge in [-0.2, -0.15) is 5.10 Å². The molecule has 3 rings (SSSR count). The van der Waals surface area contributed by atoms with Crippen molar-refractivity contribution < 1.29 is 5.11 Å². The fraction of sp³-hybridized carbons (Fsp3) is 0.526. The van der Waals surface area contributed by atoms with Crippen LogP contribution in [0.4, 0.5) is 0 Å². The molecule has 0 fully saturated rings. The molecule has 0 radical (unpaired) electrons. The quantitative estimate of drug-likeness (QED) is 0.388. The van der Waals surface area contributed by atoms with Crippen molar-refractivity contribution in [3.8, 4) is 5.75 Å². The molecular weight excluding hydrogens is 455 g/mol. The van der Waals surface area contributed by atoms with E-state index in [-0.39, 0.29) is 24.0 Å². The van der Waals surface area contributed by atoms with Gasteiger partial charge in [0.1, 0.15) is 17.9 Å². The van der Waals surface area contributed by atoms with Gasteiger partial charge < -0.3 is 15.3 Å². The number of hydrogen-bond acceptors (Lipinski definition) is 4. The highest BCUT2D eigenvalue weighted by molar-refractivity contribution is 14.0. The molecule has 7 nitrogen and oxygen atoms in total. The van der Waals surface area contributed by atoms with Crippen LogP contribution in [-0.2, 0) is 33.0 Å². The molecule has 2 N–H and O–H groups in total. The highest BCUT2D eigenvalue weighted by Crippen LogP contribution is 2.31. The zero-order valence-electron chi connectivity index (χ0n) is 16.3. The van der Waals surface area contributed by atoms with Crippen LogP contribution < -0.4 is 5.32 Å². The summed E-state index contributed by atoms with van der Waals surface area (Å²) in [4.78, 5) is 11.1. The highest BCUT2D eigenvalue weighted by Gasteiger charge is 2.17. The van der Waals surface area contributed by atoms with E-state index >= 15 is 0 Å². The summed E-state index contributed by atoms with van der Waals surface area (Å²) < 4.78 is 1.76. The summed E-state index contributed by atoms with van der Waals surface area (Å²) in [5.74, 6) is 2.02. The van der Waals surface area contributed by atoms with Crippen molar-refractivity contribution in [3.05, 3.63) is 41.0 Å². The Morgan fingerprint density at radius 3 is 2.81 bits per heavy atom. The lowest BCUT2D eigenvalue weighted by molar-refractivity contribution is 0.446. The third-order valence-corrected chi connectivity index (χ3v) is 4.89. The van der Waals surface area contributed by atoms with Gasteiger partial charge in [0.05, 0.1) is 13.1 Å². The molecule has 8 heteroatoms. The van der Waals surface area contributed by atoms with Gasteiger partial charge in [0, 0.05) is 26.2 Å². The van der Waals surface area contributed by atoms with E-state index < -0.39 is 0 Å². The summed E-state index contributed by atoms with van der Waals surface area (Å²) in [6.45, 7) is 3.91. The Balaban J connectivity index is 0.00000261. The fourth-order valence-electron chi connectivity index (χ4n) is 3.44. The first-order valence-corrected chi connectivity index (χ1v) is 9.25. The van der Waals surface area contributed by atoms with Crippen LogP contribution in [-0.4, -0.2) is 44.3 Å². The molecule has 1 aliphatic carbocycles. The van der Waals surface area contributed by atoms with Gasteiger partial charge in [0.25, 0.3) is 0 Å². The molecule has 0 atom stereocenters. The Hall–Kier alpha value is -1.84. The number of aromatic nitrogens is 3. The number of halogens is 1. The second kappa shape index (κ2) is 9.91. The minimum atomic E-state index is 0. The van der Waals surface area contributed by atoms with Gasteiger partial charge in [-0.1, -0.05) is 6.07 Å². The predicted octanol–water partition coefficient (Wildman–Crippen LogP) is 2.62. The zero-order valence-corrected chi connectivity index (χ0v) is 18.6. The van der Waals surface area contributed by atoms with Crippen LogP contribution in [0.25, 0.3) is 0 Å². The maximum atomic E-state index is 10.4. The standard InChI is InChI=1S/C19H28N6O.HI/c1-4-20-19(24(2)12-18-22-13-23-25(18)3)21-11-16-15-8-6-5-7-14(15)9-10-17(16)26;/h9-10,13,26H,4-8,11-12H2,1-3H3,(H,20,21);1H. The number of guanidine groups is 1. The SMILES string of the molecule is CCNC(=NCc1c(O)ccc2c1CCCC2)N(C)Cc1ncnn1C.I. The van der Waals surface area contributed by atoms with Gasteiger partial charge >= 0.3 is 0 Å². The molecule has 0 spiro atoms. The second-order valence-electron chi connectivity index (χ2n) is 6.73. The van der Waals surface area contributed by atoms with E-state index in [9.17, 15) is 5.11 Å². The summed E-state index contributed by atoms with van der Waals surface area (Å²) >= 11 is 0. The molecule has 0 unspecified atom stereocenters. The predicted molar refractivity (Wildman–Crippen MR) is 117 cm³/mol. The number of phenols is 1. The van der Waals surface area contributed by atoms with Crippen LogP contribution in [0.5, 0.6) is 5.75 Å². The lowest BCUT2D eigenvalue weighted by Gasteiger charge is -2.23. The van der Waals surface area contributed by atoms with Crippen LogP contribution >= 0.6 is 24.0 Å². The maximum absolute atomic E-state index is 10.4. The molecular formula is C19H29IN6O. The highest BCUT2D eigenvalue weighted by atomic mass is 127. The van der Waals surface area contributed by atoms with Gasteiger partial charge in [-0.15, -0.1) is 24.0 Å². The minimum Gasteiger partial charge on any atom is -0.508 e. The van der Waals surface area contributed by atoms with Gasteiger partial charge in [-0.25, -0.2) is 9.98 Å².